The summed E-state index contributed by atoms with van der Waals surface area (Å²) >= 11 is 1.46. The zero-order valence-electron chi connectivity index (χ0n) is 13.8. The average molecular weight is 373 g/mol. The standard InChI is InChI=1S/C18H16FN3O3S/c19-12-1-2-15-14(9-12)17(24)22(18(25)20-15)13-3-6-21(7-4-13)16(23)11-5-8-26-10-11/h1-2,5,8-10,12-13H,3-4,6-7H2. The number of hydrogen-bond acceptors (Lipinski definition) is 4. The second-order valence-corrected chi connectivity index (χ2v) is 7.15. The molecule has 0 aromatic carbocycles. The highest BCUT2D eigenvalue weighted by molar-refractivity contribution is 7.08. The van der Waals surface area contributed by atoms with Crippen molar-refractivity contribution in [3.05, 3.63) is 46.2 Å². The first kappa shape index (κ1) is 16.8. The van der Waals surface area contributed by atoms with Gasteiger partial charge in [0, 0.05) is 24.5 Å². The molecule has 6 nitrogen and oxygen atoms in total. The topological polar surface area (TPSA) is 70.1 Å². The first-order valence-electron chi connectivity index (χ1n) is 8.37. The van der Waals surface area contributed by atoms with Gasteiger partial charge in [0.25, 0.3) is 11.8 Å². The fourth-order valence-electron chi connectivity index (χ4n) is 3.44. The Bertz CT molecular complexity index is 851. The van der Waals surface area contributed by atoms with Crippen molar-refractivity contribution in [1.29, 1.82) is 0 Å². The van der Waals surface area contributed by atoms with Crippen molar-refractivity contribution in [2.24, 2.45) is 4.99 Å². The highest BCUT2D eigenvalue weighted by Gasteiger charge is 2.39. The number of piperidine rings is 1. The number of hydrogen-bond donors (Lipinski definition) is 0. The van der Waals surface area contributed by atoms with E-state index in [1.165, 1.54) is 29.6 Å². The van der Waals surface area contributed by atoms with Gasteiger partial charge in [0.1, 0.15) is 6.17 Å². The quantitative estimate of drug-likeness (QED) is 0.800. The Hall–Kier alpha value is -2.61. The van der Waals surface area contributed by atoms with Gasteiger partial charge >= 0.3 is 6.03 Å². The smallest absolute Gasteiger partial charge is 0.338 e. The summed E-state index contributed by atoms with van der Waals surface area (Å²) in [7, 11) is 0. The molecule has 0 radical (unpaired) electrons. The number of imide groups is 1. The lowest BCUT2D eigenvalue weighted by molar-refractivity contribution is -0.126. The van der Waals surface area contributed by atoms with Crippen molar-refractivity contribution < 1.29 is 18.8 Å². The van der Waals surface area contributed by atoms with Gasteiger partial charge in [0.2, 0.25) is 0 Å². The summed E-state index contributed by atoms with van der Waals surface area (Å²) in [5.41, 5.74) is 1.01. The molecule has 0 bridgehead atoms. The first-order chi connectivity index (χ1) is 12.5. The third kappa shape index (κ3) is 2.90. The summed E-state index contributed by atoms with van der Waals surface area (Å²) in [6, 6.07) is 0.826. The van der Waals surface area contributed by atoms with Gasteiger partial charge in [-0.25, -0.2) is 9.18 Å². The van der Waals surface area contributed by atoms with Crippen LogP contribution in [0.2, 0.25) is 0 Å². The molecule has 3 heterocycles. The molecule has 0 spiro atoms. The highest BCUT2D eigenvalue weighted by Crippen LogP contribution is 2.26. The minimum absolute atomic E-state index is 0.0401. The molecule has 4 amide bonds. The van der Waals surface area contributed by atoms with E-state index < -0.39 is 18.1 Å². The number of urea groups is 1. The largest absolute Gasteiger partial charge is 0.351 e. The minimum Gasteiger partial charge on any atom is -0.338 e. The molecule has 2 aliphatic heterocycles. The summed E-state index contributed by atoms with van der Waals surface area (Å²) in [4.78, 5) is 44.2. The normalized spacial score (nSPS) is 23.7. The summed E-state index contributed by atoms with van der Waals surface area (Å²) in [6.45, 7) is 0.912. The number of nitrogens with zero attached hydrogens (tertiary/aromatic N) is 3. The van der Waals surface area contributed by atoms with E-state index in [0.717, 1.165) is 4.90 Å². The Kier molecular flexibility index (Phi) is 4.28. The maximum Gasteiger partial charge on any atom is 0.351 e. The molecule has 1 aromatic heterocycles. The molecule has 1 atom stereocenters. The lowest BCUT2D eigenvalue weighted by Gasteiger charge is -2.38. The number of alkyl halides is 1. The maximum atomic E-state index is 13.6. The Morgan fingerprint density at radius 1 is 1.27 bits per heavy atom. The van der Waals surface area contributed by atoms with Crippen LogP contribution in [0.4, 0.5) is 9.18 Å². The van der Waals surface area contributed by atoms with Crippen LogP contribution in [0.15, 0.2) is 45.6 Å². The van der Waals surface area contributed by atoms with Gasteiger partial charge < -0.3 is 4.90 Å². The molecule has 0 N–H and O–H groups in total. The second kappa shape index (κ2) is 6.60. The van der Waals surface area contributed by atoms with Crippen LogP contribution in [0.1, 0.15) is 23.2 Å². The molecule has 4 rings (SSSR count). The van der Waals surface area contributed by atoms with E-state index in [-0.39, 0.29) is 23.2 Å². The van der Waals surface area contributed by atoms with Crippen molar-refractivity contribution >= 4 is 34.9 Å². The van der Waals surface area contributed by atoms with Crippen LogP contribution in [-0.4, -0.2) is 58.7 Å². The van der Waals surface area contributed by atoms with Gasteiger partial charge in [-0.15, -0.1) is 0 Å². The predicted molar refractivity (Wildman–Crippen MR) is 95.0 cm³/mol. The van der Waals surface area contributed by atoms with Crippen molar-refractivity contribution in [1.82, 2.24) is 9.80 Å². The van der Waals surface area contributed by atoms with Crippen LogP contribution >= 0.6 is 11.3 Å². The molecule has 1 saturated heterocycles. The number of thiophene rings is 1. The van der Waals surface area contributed by atoms with E-state index in [4.69, 9.17) is 0 Å². The predicted octanol–water partition coefficient (Wildman–Crippen LogP) is 2.59. The summed E-state index contributed by atoms with van der Waals surface area (Å²) < 4.78 is 13.6. The van der Waals surface area contributed by atoms with Gasteiger partial charge in [-0.05, 0) is 42.5 Å². The average Bonchev–Trinajstić information content (AvgIpc) is 3.17. The minimum atomic E-state index is -1.35. The fraction of sp³-hybridized carbons (Fsp3) is 0.333. The fourth-order valence-corrected chi connectivity index (χ4v) is 4.07. The molecular weight excluding hydrogens is 357 g/mol. The van der Waals surface area contributed by atoms with Gasteiger partial charge in [0.15, 0.2) is 0 Å². The van der Waals surface area contributed by atoms with E-state index in [0.29, 0.717) is 31.5 Å². The van der Waals surface area contributed by atoms with Gasteiger partial charge in [-0.2, -0.15) is 16.3 Å². The van der Waals surface area contributed by atoms with Crippen molar-refractivity contribution in [3.8, 4) is 0 Å². The third-order valence-electron chi connectivity index (χ3n) is 4.80. The monoisotopic (exact) mass is 373 g/mol. The lowest BCUT2D eigenvalue weighted by atomic mass is 9.96. The van der Waals surface area contributed by atoms with E-state index in [2.05, 4.69) is 4.99 Å². The van der Waals surface area contributed by atoms with Gasteiger partial charge in [0.05, 0.1) is 16.8 Å². The Balaban J connectivity index is 1.48. The second-order valence-electron chi connectivity index (χ2n) is 6.37. The highest BCUT2D eigenvalue weighted by atomic mass is 32.1. The van der Waals surface area contributed by atoms with E-state index in [1.807, 2.05) is 5.38 Å². The van der Waals surface area contributed by atoms with Gasteiger partial charge in [-0.1, -0.05) is 0 Å². The molecule has 1 aromatic rings. The van der Waals surface area contributed by atoms with E-state index in [9.17, 15) is 18.8 Å². The third-order valence-corrected chi connectivity index (χ3v) is 5.48. The Morgan fingerprint density at radius 3 is 2.73 bits per heavy atom. The summed E-state index contributed by atoms with van der Waals surface area (Å²) in [5, 5.41) is 3.66. The number of fused-ring (bicyclic) bond motifs is 1. The molecule has 3 aliphatic rings. The molecule has 1 fully saturated rings. The number of carbonyl (C=O) groups is 3. The number of rotatable bonds is 2. The molecule has 26 heavy (non-hydrogen) atoms. The number of carbonyl (C=O) groups excluding carboxylic acids is 3. The van der Waals surface area contributed by atoms with E-state index >= 15 is 0 Å². The molecular formula is C18H16FN3O3S. The van der Waals surface area contributed by atoms with Crippen LogP contribution < -0.4 is 0 Å². The van der Waals surface area contributed by atoms with Crippen LogP contribution in [0.5, 0.6) is 0 Å². The molecule has 0 saturated carbocycles. The summed E-state index contributed by atoms with van der Waals surface area (Å²) in [6.07, 6.45) is 3.44. The summed E-state index contributed by atoms with van der Waals surface area (Å²) in [5.74, 6) is -0.545. The number of amides is 4. The van der Waals surface area contributed by atoms with Crippen molar-refractivity contribution in [2.75, 3.05) is 13.1 Å². The van der Waals surface area contributed by atoms with Crippen LogP contribution in [-0.2, 0) is 4.79 Å². The Morgan fingerprint density at radius 2 is 2.04 bits per heavy atom. The molecule has 134 valence electrons. The molecule has 1 aliphatic carbocycles. The number of aliphatic imine (C=N–C) groups is 1. The van der Waals surface area contributed by atoms with Crippen molar-refractivity contribution in [3.63, 3.8) is 0 Å². The van der Waals surface area contributed by atoms with Crippen LogP contribution in [0, 0.1) is 0 Å². The lowest BCUT2D eigenvalue weighted by Crippen LogP contribution is -2.53. The SMILES string of the molecule is O=C(c1ccsc1)N1CCC(N2C(=O)N=C3C=CC(F)C=C3C2=O)CC1. The van der Waals surface area contributed by atoms with E-state index in [1.54, 1.807) is 16.3 Å². The zero-order chi connectivity index (χ0) is 18.3. The number of allylic oxidation sites excluding steroid dienone is 3. The number of likely N-dealkylation sites (tertiary alicyclic amines) is 1. The maximum absolute atomic E-state index is 13.6. The first-order valence-corrected chi connectivity index (χ1v) is 9.31. The molecule has 8 heteroatoms. The Labute approximate surface area is 153 Å². The van der Waals surface area contributed by atoms with Crippen LogP contribution in [0.3, 0.4) is 0 Å². The van der Waals surface area contributed by atoms with Crippen LogP contribution in [0.25, 0.3) is 0 Å². The zero-order valence-corrected chi connectivity index (χ0v) is 14.6. The van der Waals surface area contributed by atoms with Gasteiger partial charge in [-0.3, -0.25) is 14.5 Å². The molecule has 1 unspecified atom stereocenters. The van der Waals surface area contributed by atoms with Crippen molar-refractivity contribution in [2.45, 2.75) is 25.1 Å². The number of halogens is 1.